The Bertz CT molecular complexity index is 195. The van der Waals surface area contributed by atoms with E-state index in [1.54, 1.807) is 0 Å². The molecular formula is C8H14N2O2. The first-order valence-corrected chi connectivity index (χ1v) is 4.41. The molecule has 2 amide bonds. The van der Waals surface area contributed by atoms with Gasteiger partial charge in [-0.25, -0.2) is 10.3 Å². The summed E-state index contributed by atoms with van der Waals surface area (Å²) in [5, 5.41) is 0. The molecule has 2 aliphatic rings. The fourth-order valence-electron chi connectivity index (χ4n) is 2.32. The van der Waals surface area contributed by atoms with Gasteiger partial charge in [-0.1, -0.05) is 0 Å². The molecule has 1 aliphatic heterocycles. The Morgan fingerprint density at radius 3 is 2.92 bits per heavy atom. The predicted octanol–water partition coefficient (Wildman–Crippen LogP) is 0.742. The van der Waals surface area contributed by atoms with Crippen molar-refractivity contribution in [1.82, 2.24) is 10.4 Å². The monoisotopic (exact) mass is 170 g/mol. The fourth-order valence-corrected chi connectivity index (χ4v) is 2.32. The molecule has 0 aromatic carbocycles. The first kappa shape index (κ1) is 7.86. The Kier molecular flexibility index (Phi) is 1.92. The average Bonchev–Trinajstić information content (AvgIpc) is 2.64. The zero-order valence-electron chi connectivity index (χ0n) is 7.25. The molecule has 68 valence electrons. The summed E-state index contributed by atoms with van der Waals surface area (Å²) in [6, 6.07) is 0.398. The van der Waals surface area contributed by atoms with Gasteiger partial charge in [0.05, 0.1) is 7.11 Å². The highest BCUT2D eigenvalue weighted by Crippen LogP contribution is 2.37. The van der Waals surface area contributed by atoms with Gasteiger partial charge >= 0.3 is 6.03 Å². The van der Waals surface area contributed by atoms with Crippen LogP contribution in [0.25, 0.3) is 0 Å². The minimum absolute atomic E-state index is 0.0790. The smallest absolute Gasteiger partial charge is 0.320 e. The number of nitrogens with one attached hydrogen (secondary N) is 1. The maximum absolute atomic E-state index is 11.3. The summed E-state index contributed by atoms with van der Waals surface area (Å²) >= 11 is 0. The van der Waals surface area contributed by atoms with Crippen LogP contribution in [0.4, 0.5) is 4.79 Å². The third-order valence-corrected chi connectivity index (χ3v) is 2.86. The van der Waals surface area contributed by atoms with E-state index >= 15 is 0 Å². The van der Waals surface area contributed by atoms with Crippen LogP contribution in [0, 0.1) is 5.92 Å². The van der Waals surface area contributed by atoms with Crippen molar-refractivity contribution in [2.45, 2.75) is 25.3 Å². The SMILES string of the molecule is CONC(=O)N1CC2CCC1C2. The predicted molar refractivity (Wildman–Crippen MR) is 43.4 cm³/mol. The molecule has 4 heteroatoms. The number of hydrogen-bond acceptors (Lipinski definition) is 2. The largest absolute Gasteiger partial charge is 0.341 e. The van der Waals surface area contributed by atoms with Crippen LogP contribution >= 0.6 is 0 Å². The van der Waals surface area contributed by atoms with Crippen LogP contribution in [0.3, 0.4) is 0 Å². The first-order valence-electron chi connectivity index (χ1n) is 4.41. The number of rotatable bonds is 1. The molecule has 1 saturated heterocycles. The first-order chi connectivity index (χ1) is 5.81. The van der Waals surface area contributed by atoms with Crippen LogP contribution in [0.2, 0.25) is 0 Å². The summed E-state index contributed by atoms with van der Waals surface area (Å²) in [6.07, 6.45) is 3.65. The Morgan fingerprint density at radius 2 is 2.42 bits per heavy atom. The molecule has 2 atom stereocenters. The van der Waals surface area contributed by atoms with Crippen molar-refractivity contribution < 1.29 is 9.63 Å². The highest BCUT2D eigenvalue weighted by molar-refractivity contribution is 5.73. The third kappa shape index (κ3) is 1.16. The lowest BCUT2D eigenvalue weighted by molar-refractivity contribution is 0.0808. The van der Waals surface area contributed by atoms with Crippen LogP contribution < -0.4 is 5.48 Å². The second kappa shape index (κ2) is 2.94. The lowest BCUT2D eigenvalue weighted by Crippen LogP contribution is -2.43. The third-order valence-electron chi connectivity index (χ3n) is 2.86. The number of amides is 2. The number of urea groups is 1. The van der Waals surface area contributed by atoms with Gasteiger partial charge in [0.25, 0.3) is 0 Å². The minimum Gasteiger partial charge on any atom is -0.320 e. The van der Waals surface area contributed by atoms with Crippen LogP contribution in [0.5, 0.6) is 0 Å². The van der Waals surface area contributed by atoms with Crippen LogP contribution in [0.1, 0.15) is 19.3 Å². The molecule has 2 rings (SSSR count). The number of hydrogen-bond donors (Lipinski definition) is 1. The number of piperidine rings is 1. The fraction of sp³-hybridized carbons (Fsp3) is 0.875. The lowest BCUT2D eigenvalue weighted by Gasteiger charge is -2.26. The lowest BCUT2D eigenvalue weighted by atomic mass is 10.1. The van der Waals surface area contributed by atoms with Crippen LogP contribution in [-0.2, 0) is 4.84 Å². The van der Waals surface area contributed by atoms with Gasteiger partial charge in [0, 0.05) is 12.6 Å². The standard InChI is InChI=1S/C8H14N2O2/c1-12-9-8(11)10-5-6-2-3-7(10)4-6/h6-7H,2-5H2,1H3,(H,9,11). The zero-order valence-corrected chi connectivity index (χ0v) is 7.25. The Labute approximate surface area is 71.8 Å². The van der Waals surface area contributed by atoms with Gasteiger partial charge < -0.3 is 4.90 Å². The second-order valence-corrected chi connectivity index (χ2v) is 3.60. The van der Waals surface area contributed by atoms with E-state index in [0.29, 0.717) is 6.04 Å². The quantitative estimate of drug-likeness (QED) is 0.590. The molecular weight excluding hydrogens is 156 g/mol. The van der Waals surface area contributed by atoms with E-state index in [2.05, 4.69) is 10.3 Å². The summed E-state index contributed by atoms with van der Waals surface area (Å²) in [5.41, 5.74) is 2.36. The van der Waals surface area contributed by atoms with Crippen LogP contribution in [0.15, 0.2) is 0 Å². The number of fused-ring (bicyclic) bond motifs is 2. The maximum atomic E-state index is 11.3. The molecule has 1 heterocycles. The van der Waals surface area contributed by atoms with E-state index in [9.17, 15) is 4.79 Å². The van der Waals surface area contributed by atoms with Crippen molar-refractivity contribution >= 4 is 6.03 Å². The van der Waals surface area contributed by atoms with Crippen molar-refractivity contribution in [2.24, 2.45) is 5.92 Å². The van der Waals surface area contributed by atoms with Gasteiger partial charge in [0.1, 0.15) is 0 Å². The summed E-state index contributed by atoms with van der Waals surface area (Å²) in [4.78, 5) is 17.8. The number of hydroxylamine groups is 1. The van der Waals surface area contributed by atoms with Gasteiger partial charge in [-0.2, -0.15) is 0 Å². The number of likely N-dealkylation sites (tertiary alicyclic amines) is 1. The highest BCUT2D eigenvalue weighted by Gasteiger charge is 2.40. The number of carbonyl (C=O) groups is 1. The average molecular weight is 170 g/mol. The van der Waals surface area contributed by atoms with Crippen molar-refractivity contribution in [3.8, 4) is 0 Å². The highest BCUT2D eigenvalue weighted by atomic mass is 16.6. The summed E-state index contributed by atoms with van der Waals surface area (Å²) < 4.78 is 0. The van der Waals surface area contributed by atoms with Crippen molar-refractivity contribution in [3.63, 3.8) is 0 Å². The number of carbonyl (C=O) groups excluding carboxylic acids is 1. The topological polar surface area (TPSA) is 41.6 Å². The van der Waals surface area contributed by atoms with E-state index in [0.717, 1.165) is 12.5 Å². The van der Waals surface area contributed by atoms with Gasteiger partial charge in [0.15, 0.2) is 0 Å². The molecule has 2 unspecified atom stereocenters. The zero-order chi connectivity index (χ0) is 8.55. The minimum atomic E-state index is -0.0790. The van der Waals surface area contributed by atoms with E-state index in [1.807, 2.05) is 4.90 Å². The number of nitrogens with zero attached hydrogens (tertiary/aromatic N) is 1. The molecule has 1 aliphatic carbocycles. The summed E-state index contributed by atoms with van der Waals surface area (Å²) in [5.74, 6) is 0.748. The molecule has 12 heavy (non-hydrogen) atoms. The van der Waals surface area contributed by atoms with Gasteiger partial charge in [-0.05, 0) is 25.2 Å². The van der Waals surface area contributed by atoms with E-state index in [4.69, 9.17) is 0 Å². The maximum Gasteiger partial charge on any atom is 0.341 e. The molecule has 0 aromatic rings. The Balaban J connectivity index is 1.93. The Morgan fingerprint density at radius 1 is 1.58 bits per heavy atom. The van der Waals surface area contributed by atoms with Gasteiger partial charge in [-0.15, -0.1) is 0 Å². The molecule has 0 aromatic heterocycles. The van der Waals surface area contributed by atoms with Crippen molar-refractivity contribution in [1.29, 1.82) is 0 Å². The van der Waals surface area contributed by atoms with Crippen molar-refractivity contribution in [2.75, 3.05) is 13.7 Å². The summed E-state index contributed by atoms with van der Waals surface area (Å²) in [6.45, 7) is 0.917. The molecule has 1 N–H and O–H groups in total. The second-order valence-electron chi connectivity index (χ2n) is 3.60. The molecule has 0 radical (unpaired) electrons. The normalized spacial score (nSPS) is 32.6. The molecule has 2 bridgehead atoms. The van der Waals surface area contributed by atoms with Crippen LogP contribution in [-0.4, -0.2) is 30.6 Å². The van der Waals surface area contributed by atoms with E-state index in [1.165, 1.54) is 26.4 Å². The summed E-state index contributed by atoms with van der Waals surface area (Å²) in [7, 11) is 1.46. The molecule has 1 saturated carbocycles. The van der Waals surface area contributed by atoms with Gasteiger partial charge in [0.2, 0.25) is 0 Å². The van der Waals surface area contributed by atoms with E-state index < -0.39 is 0 Å². The van der Waals surface area contributed by atoms with E-state index in [-0.39, 0.29) is 6.03 Å². The van der Waals surface area contributed by atoms with Crippen molar-refractivity contribution in [3.05, 3.63) is 0 Å². The molecule has 4 nitrogen and oxygen atoms in total. The molecule has 0 spiro atoms. The van der Waals surface area contributed by atoms with Gasteiger partial charge in [-0.3, -0.25) is 4.84 Å². The Hall–Kier alpha value is -0.770. The molecule has 2 fully saturated rings.